The molecule has 0 fully saturated rings. The van der Waals surface area contributed by atoms with Gasteiger partial charge in [-0.25, -0.2) is 0 Å². The number of carbonyl (C=O) groups excluding carboxylic acids is 1. The Morgan fingerprint density at radius 3 is 2.44 bits per heavy atom. The van der Waals surface area contributed by atoms with Crippen molar-refractivity contribution in [3.8, 4) is 5.75 Å². The van der Waals surface area contributed by atoms with E-state index in [1.165, 1.54) is 0 Å². The monoisotopic (exact) mass is 424 g/mol. The maximum Gasteiger partial charge on any atom is 0.220 e. The van der Waals surface area contributed by atoms with E-state index in [9.17, 15) is 4.79 Å². The fraction of sp³-hybridized carbons (Fsp3) is 0.182. The SMILES string of the molecule is O=C(CCCOc1ccc(Br)cc1)NC(c1ccccc1)c1ccccn1. The Bertz CT molecular complexity index is 800. The first-order chi connectivity index (χ1) is 13.2. The van der Waals surface area contributed by atoms with Crippen molar-refractivity contribution < 1.29 is 9.53 Å². The van der Waals surface area contributed by atoms with Crippen molar-refractivity contribution in [2.24, 2.45) is 0 Å². The van der Waals surface area contributed by atoms with Crippen molar-refractivity contribution in [2.45, 2.75) is 18.9 Å². The minimum atomic E-state index is -0.257. The molecule has 0 bridgehead atoms. The fourth-order valence-corrected chi connectivity index (χ4v) is 2.97. The Morgan fingerprint density at radius 2 is 1.74 bits per heavy atom. The van der Waals surface area contributed by atoms with Crippen molar-refractivity contribution in [3.63, 3.8) is 0 Å². The van der Waals surface area contributed by atoms with E-state index in [0.29, 0.717) is 19.4 Å². The van der Waals surface area contributed by atoms with Crippen molar-refractivity contribution in [3.05, 3.63) is 94.7 Å². The zero-order valence-electron chi connectivity index (χ0n) is 14.8. The molecule has 1 unspecified atom stereocenters. The highest BCUT2D eigenvalue weighted by molar-refractivity contribution is 9.10. The highest BCUT2D eigenvalue weighted by Gasteiger charge is 2.17. The van der Waals surface area contributed by atoms with Gasteiger partial charge in [-0.1, -0.05) is 52.3 Å². The van der Waals surface area contributed by atoms with E-state index in [4.69, 9.17) is 4.74 Å². The van der Waals surface area contributed by atoms with Crippen molar-refractivity contribution in [1.29, 1.82) is 0 Å². The quantitative estimate of drug-likeness (QED) is 0.522. The molecule has 5 heteroatoms. The summed E-state index contributed by atoms with van der Waals surface area (Å²) in [6.07, 6.45) is 2.78. The summed E-state index contributed by atoms with van der Waals surface area (Å²) in [5.74, 6) is 0.781. The van der Waals surface area contributed by atoms with Gasteiger partial charge in [0, 0.05) is 17.1 Å². The van der Waals surface area contributed by atoms with Crippen LogP contribution in [0.25, 0.3) is 0 Å². The molecule has 138 valence electrons. The van der Waals surface area contributed by atoms with E-state index in [1.54, 1.807) is 6.20 Å². The highest BCUT2D eigenvalue weighted by atomic mass is 79.9. The van der Waals surface area contributed by atoms with E-state index < -0.39 is 0 Å². The van der Waals surface area contributed by atoms with E-state index in [2.05, 4.69) is 26.2 Å². The molecule has 3 aromatic rings. The molecule has 0 spiro atoms. The molecular weight excluding hydrogens is 404 g/mol. The molecule has 4 nitrogen and oxygen atoms in total. The third-order valence-electron chi connectivity index (χ3n) is 4.05. The van der Waals surface area contributed by atoms with Crippen molar-refractivity contribution in [2.75, 3.05) is 6.61 Å². The molecule has 1 amide bonds. The molecule has 0 saturated carbocycles. The molecule has 0 aliphatic carbocycles. The van der Waals surface area contributed by atoms with Gasteiger partial charge in [-0.2, -0.15) is 0 Å². The standard InChI is InChI=1S/C22H21BrN2O2/c23-18-11-13-19(14-12-18)27-16-6-10-21(26)25-22(17-7-2-1-3-8-17)20-9-4-5-15-24-20/h1-5,7-9,11-15,22H,6,10,16H2,(H,25,26). The third kappa shape index (κ3) is 5.93. The maximum atomic E-state index is 12.5. The summed E-state index contributed by atoms with van der Waals surface area (Å²) in [6, 6.07) is 23.0. The lowest BCUT2D eigenvalue weighted by Gasteiger charge is -2.19. The summed E-state index contributed by atoms with van der Waals surface area (Å²) < 4.78 is 6.68. The van der Waals surface area contributed by atoms with E-state index in [1.807, 2.05) is 72.8 Å². The van der Waals surface area contributed by atoms with E-state index in [-0.39, 0.29) is 11.9 Å². The molecule has 0 aliphatic heterocycles. The summed E-state index contributed by atoms with van der Waals surface area (Å²) in [5, 5.41) is 3.09. The second-order valence-corrected chi connectivity index (χ2v) is 6.99. The maximum absolute atomic E-state index is 12.5. The second-order valence-electron chi connectivity index (χ2n) is 6.07. The average Bonchev–Trinajstić information content (AvgIpc) is 2.72. The predicted octanol–water partition coefficient (Wildman–Crippen LogP) is 4.91. The number of aromatic nitrogens is 1. The Balaban J connectivity index is 1.54. The molecule has 27 heavy (non-hydrogen) atoms. The van der Waals surface area contributed by atoms with Gasteiger partial charge in [-0.05, 0) is 48.4 Å². The normalized spacial score (nSPS) is 11.6. The first kappa shape index (κ1) is 19.1. The first-order valence-corrected chi connectivity index (χ1v) is 9.65. The molecule has 1 N–H and O–H groups in total. The first-order valence-electron chi connectivity index (χ1n) is 8.86. The number of ether oxygens (including phenoxy) is 1. The van der Waals surface area contributed by atoms with Crippen LogP contribution >= 0.6 is 15.9 Å². The second kappa shape index (κ2) is 9.88. The Hall–Kier alpha value is -2.66. The summed E-state index contributed by atoms with van der Waals surface area (Å²) in [7, 11) is 0. The number of pyridine rings is 1. The number of hydrogen-bond acceptors (Lipinski definition) is 3. The number of nitrogens with zero attached hydrogens (tertiary/aromatic N) is 1. The molecule has 3 rings (SSSR count). The molecule has 0 radical (unpaired) electrons. The van der Waals surface area contributed by atoms with Gasteiger partial charge < -0.3 is 10.1 Å². The number of rotatable bonds is 8. The zero-order chi connectivity index (χ0) is 18.9. The van der Waals surface area contributed by atoms with Crippen molar-refractivity contribution >= 4 is 21.8 Å². The van der Waals surface area contributed by atoms with Crippen LogP contribution in [0.5, 0.6) is 5.75 Å². The number of carbonyl (C=O) groups is 1. The van der Waals surface area contributed by atoms with Gasteiger partial charge in [0.15, 0.2) is 0 Å². The van der Waals surface area contributed by atoms with Crippen LogP contribution in [0, 0.1) is 0 Å². The minimum absolute atomic E-state index is 0.0195. The van der Waals surface area contributed by atoms with Crippen LogP contribution in [-0.4, -0.2) is 17.5 Å². The summed E-state index contributed by atoms with van der Waals surface area (Å²) in [6.45, 7) is 0.495. The van der Waals surface area contributed by atoms with Crippen LogP contribution in [0.15, 0.2) is 83.5 Å². The Kier molecular flexibility index (Phi) is 6.99. The van der Waals surface area contributed by atoms with Gasteiger partial charge in [0.25, 0.3) is 0 Å². The van der Waals surface area contributed by atoms with Crippen LogP contribution in [0.2, 0.25) is 0 Å². The Morgan fingerprint density at radius 1 is 1.00 bits per heavy atom. The van der Waals surface area contributed by atoms with Gasteiger partial charge >= 0.3 is 0 Å². The molecule has 0 saturated heterocycles. The highest BCUT2D eigenvalue weighted by Crippen LogP contribution is 2.20. The molecule has 1 atom stereocenters. The summed E-state index contributed by atoms with van der Waals surface area (Å²) in [5.41, 5.74) is 1.83. The number of benzene rings is 2. The minimum Gasteiger partial charge on any atom is -0.494 e. The smallest absolute Gasteiger partial charge is 0.220 e. The van der Waals surface area contributed by atoms with Crippen molar-refractivity contribution in [1.82, 2.24) is 10.3 Å². The van der Waals surface area contributed by atoms with Gasteiger partial charge in [0.1, 0.15) is 5.75 Å². The molecule has 2 aromatic carbocycles. The number of halogens is 1. The number of hydrogen-bond donors (Lipinski definition) is 1. The summed E-state index contributed by atoms with van der Waals surface area (Å²) >= 11 is 3.39. The number of nitrogens with one attached hydrogen (secondary N) is 1. The zero-order valence-corrected chi connectivity index (χ0v) is 16.4. The van der Waals surface area contributed by atoms with Gasteiger partial charge in [0.05, 0.1) is 18.3 Å². The van der Waals surface area contributed by atoms with Crippen LogP contribution in [-0.2, 0) is 4.79 Å². The molecule has 0 aliphatic rings. The average molecular weight is 425 g/mol. The third-order valence-corrected chi connectivity index (χ3v) is 4.58. The lowest BCUT2D eigenvalue weighted by Crippen LogP contribution is -2.30. The largest absolute Gasteiger partial charge is 0.494 e. The van der Waals surface area contributed by atoms with Crippen LogP contribution in [0.1, 0.15) is 30.1 Å². The topological polar surface area (TPSA) is 51.2 Å². The Labute approximate surface area is 167 Å². The van der Waals surface area contributed by atoms with Crippen LogP contribution in [0.3, 0.4) is 0 Å². The molecule has 1 heterocycles. The lowest BCUT2D eigenvalue weighted by molar-refractivity contribution is -0.121. The van der Waals surface area contributed by atoms with Crippen LogP contribution in [0.4, 0.5) is 0 Å². The molecule has 1 aromatic heterocycles. The fourth-order valence-electron chi connectivity index (χ4n) is 2.71. The molecular formula is C22H21BrN2O2. The van der Waals surface area contributed by atoms with Gasteiger partial charge in [-0.3, -0.25) is 9.78 Å². The number of amides is 1. The van der Waals surface area contributed by atoms with Gasteiger partial charge in [-0.15, -0.1) is 0 Å². The summed E-state index contributed by atoms with van der Waals surface area (Å²) in [4.78, 5) is 16.9. The predicted molar refractivity (Wildman–Crippen MR) is 110 cm³/mol. The van der Waals surface area contributed by atoms with E-state index in [0.717, 1.165) is 21.5 Å². The van der Waals surface area contributed by atoms with Crippen LogP contribution < -0.4 is 10.1 Å². The van der Waals surface area contributed by atoms with Gasteiger partial charge in [0.2, 0.25) is 5.91 Å². The van der Waals surface area contributed by atoms with E-state index >= 15 is 0 Å². The lowest BCUT2D eigenvalue weighted by atomic mass is 10.0.